The molecule has 1 saturated heterocycles. The summed E-state index contributed by atoms with van der Waals surface area (Å²) in [6.07, 6.45) is 6.94. The van der Waals surface area contributed by atoms with E-state index in [0.29, 0.717) is 12.8 Å². The van der Waals surface area contributed by atoms with Crippen LogP contribution in [0.3, 0.4) is 0 Å². The normalized spacial score (nSPS) is 18.6. The molecule has 0 bridgehead atoms. The smallest absolute Gasteiger partial charge is 0.223 e. The molecule has 1 fully saturated rings. The van der Waals surface area contributed by atoms with Gasteiger partial charge in [-0.25, -0.2) is 0 Å². The van der Waals surface area contributed by atoms with E-state index in [1.54, 1.807) is 6.20 Å². The first kappa shape index (κ1) is 14.7. The second-order valence-electron chi connectivity index (χ2n) is 5.49. The number of hydrogen-bond acceptors (Lipinski definition) is 4. The lowest BCUT2D eigenvalue weighted by molar-refractivity contribution is -0.131. The molecule has 1 aromatic heterocycles. The molecule has 0 radical (unpaired) electrons. The van der Waals surface area contributed by atoms with E-state index in [4.69, 9.17) is 5.73 Å². The van der Waals surface area contributed by atoms with Crippen molar-refractivity contribution in [2.24, 2.45) is 11.1 Å². The van der Waals surface area contributed by atoms with Crippen LogP contribution < -0.4 is 5.73 Å². The molecule has 5 heteroatoms. The summed E-state index contributed by atoms with van der Waals surface area (Å²) in [5.41, 5.74) is 6.24. The lowest BCUT2D eigenvalue weighted by Crippen LogP contribution is -2.47. The van der Waals surface area contributed by atoms with Crippen LogP contribution in [0.4, 0.5) is 0 Å². The number of likely N-dealkylation sites (tertiary alicyclic amines) is 1. The van der Waals surface area contributed by atoms with E-state index in [2.05, 4.69) is 16.0 Å². The summed E-state index contributed by atoms with van der Waals surface area (Å²) in [6, 6.07) is 3.98. The van der Waals surface area contributed by atoms with E-state index in [9.17, 15) is 9.59 Å². The van der Waals surface area contributed by atoms with Gasteiger partial charge in [-0.3, -0.25) is 14.7 Å². The Kier molecular flexibility index (Phi) is 4.84. The van der Waals surface area contributed by atoms with Crippen LogP contribution in [0.15, 0.2) is 24.5 Å². The van der Waals surface area contributed by atoms with Crippen molar-refractivity contribution in [2.45, 2.75) is 32.2 Å². The van der Waals surface area contributed by atoms with Gasteiger partial charge < -0.3 is 10.5 Å². The zero-order chi connectivity index (χ0) is 14.4. The molecule has 1 aliphatic rings. The van der Waals surface area contributed by atoms with Crippen molar-refractivity contribution in [1.29, 1.82) is 0 Å². The molecular weight excluding hydrogens is 254 g/mol. The van der Waals surface area contributed by atoms with Crippen molar-refractivity contribution in [3.05, 3.63) is 30.1 Å². The lowest BCUT2D eigenvalue weighted by atomic mass is 9.74. The molecule has 1 amide bonds. The standard InChI is InChI=1S/C15H21N3O2/c16-14(20)15(4-2-10-19)5-8-18(9-6-15)12-13-3-1-7-17-11-13/h1,3,7,10-11H,2,4-6,8-9,12H2,(H2,16,20). The molecule has 0 spiro atoms. The van der Waals surface area contributed by atoms with Crippen molar-refractivity contribution in [3.63, 3.8) is 0 Å². The van der Waals surface area contributed by atoms with Crippen LogP contribution in [0.25, 0.3) is 0 Å². The van der Waals surface area contributed by atoms with Gasteiger partial charge >= 0.3 is 0 Å². The molecule has 20 heavy (non-hydrogen) atoms. The van der Waals surface area contributed by atoms with Gasteiger partial charge in [0.15, 0.2) is 0 Å². The Morgan fingerprint density at radius 1 is 1.45 bits per heavy atom. The molecule has 2 N–H and O–H groups in total. The molecule has 2 rings (SSSR count). The van der Waals surface area contributed by atoms with Gasteiger partial charge in [0.1, 0.15) is 6.29 Å². The first-order valence-corrected chi connectivity index (χ1v) is 7.01. The number of hydrogen-bond donors (Lipinski definition) is 1. The summed E-state index contributed by atoms with van der Waals surface area (Å²) < 4.78 is 0. The monoisotopic (exact) mass is 275 g/mol. The zero-order valence-corrected chi connectivity index (χ0v) is 11.6. The maximum Gasteiger partial charge on any atom is 0.223 e. The summed E-state index contributed by atoms with van der Waals surface area (Å²) in [5.74, 6) is -0.264. The van der Waals surface area contributed by atoms with Crippen LogP contribution in [0.2, 0.25) is 0 Å². The minimum atomic E-state index is -0.494. The Bertz CT molecular complexity index is 453. The number of piperidine rings is 1. The summed E-state index contributed by atoms with van der Waals surface area (Å²) in [7, 11) is 0. The molecule has 1 aliphatic heterocycles. The number of carbonyl (C=O) groups excluding carboxylic acids is 2. The molecule has 0 aliphatic carbocycles. The van der Waals surface area contributed by atoms with Crippen molar-refractivity contribution >= 4 is 12.2 Å². The van der Waals surface area contributed by atoms with Crippen LogP contribution in [0.5, 0.6) is 0 Å². The molecule has 1 aromatic rings. The van der Waals surface area contributed by atoms with Crippen LogP contribution in [0, 0.1) is 5.41 Å². The molecule has 0 aromatic carbocycles. The Morgan fingerprint density at radius 2 is 2.20 bits per heavy atom. The van der Waals surface area contributed by atoms with Gasteiger partial charge in [-0.1, -0.05) is 6.07 Å². The first-order chi connectivity index (χ1) is 9.66. The third-order valence-corrected chi connectivity index (χ3v) is 4.21. The predicted octanol–water partition coefficient (Wildman–Crippen LogP) is 1.13. The molecule has 0 unspecified atom stereocenters. The minimum absolute atomic E-state index is 0.264. The first-order valence-electron chi connectivity index (χ1n) is 7.01. The van der Waals surface area contributed by atoms with Crippen LogP contribution in [-0.4, -0.2) is 35.2 Å². The average molecular weight is 275 g/mol. The van der Waals surface area contributed by atoms with Gasteiger partial charge in [0.25, 0.3) is 0 Å². The number of nitrogens with two attached hydrogens (primary N) is 1. The number of amides is 1. The van der Waals surface area contributed by atoms with Gasteiger partial charge in [-0.2, -0.15) is 0 Å². The highest BCUT2D eigenvalue weighted by Gasteiger charge is 2.39. The van der Waals surface area contributed by atoms with Crippen LogP contribution in [-0.2, 0) is 16.1 Å². The number of pyridine rings is 1. The number of rotatable bonds is 6. The number of nitrogens with zero attached hydrogens (tertiary/aromatic N) is 2. The largest absolute Gasteiger partial charge is 0.369 e. The Morgan fingerprint density at radius 3 is 2.75 bits per heavy atom. The number of primary amides is 1. The second kappa shape index (κ2) is 6.61. The van der Waals surface area contributed by atoms with Gasteiger partial charge in [-0.15, -0.1) is 0 Å². The highest BCUT2D eigenvalue weighted by atomic mass is 16.1. The topological polar surface area (TPSA) is 76.3 Å². The van der Waals surface area contributed by atoms with Crippen molar-refractivity contribution in [1.82, 2.24) is 9.88 Å². The predicted molar refractivity (Wildman–Crippen MR) is 75.7 cm³/mol. The zero-order valence-electron chi connectivity index (χ0n) is 11.6. The van der Waals surface area contributed by atoms with Crippen LogP contribution in [0.1, 0.15) is 31.2 Å². The Hall–Kier alpha value is -1.75. The minimum Gasteiger partial charge on any atom is -0.369 e. The van der Waals surface area contributed by atoms with Crippen molar-refractivity contribution in [2.75, 3.05) is 13.1 Å². The third kappa shape index (κ3) is 3.42. The fourth-order valence-electron chi connectivity index (χ4n) is 2.84. The highest BCUT2D eigenvalue weighted by Crippen LogP contribution is 2.36. The van der Waals surface area contributed by atoms with E-state index in [1.165, 1.54) is 5.56 Å². The molecule has 5 nitrogen and oxygen atoms in total. The van der Waals surface area contributed by atoms with Crippen molar-refractivity contribution in [3.8, 4) is 0 Å². The van der Waals surface area contributed by atoms with Crippen LogP contribution >= 0.6 is 0 Å². The molecule has 2 heterocycles. The molecule has 108 valence electrons. The lowest BCUT2D eigenvalue weighted by Gasteiger charge is -2.39. The fourth-order valence-corrected chi connectivity index (χ4v) is 2.84. The summed E-state index contributed by atoms with van der Waals surface area (Å²) in [5, 5.41) is 0. The van der Waals surface area contributed by atoms with E-state index < -0.39 is 5.41 Å². The Balaban J connectivity index is 1.93. The van der Waals surface area contributed by atoms with E-state index >= 15 is 0 Å². The summed E-state index contributed by atoms with van der Waals surface area (Å²) in [4.78, 5) is 28.7. The number of aromatic nitrogens is 1. The van der Waals surface area contributed by atoms with E-state index in [1.807, 2.05) is 12.3 Å². The van der Waals surface area contributed by atoms with Gasteiger partial charge in [0, 0.05) is 25.4 Å². The highest BCUT2D eigenvalue weighted by molar-refractivity contribution is 5.81. The summed E-state index contributed by atoms with van der Waals surface area (Å²) >= 11 is 0. The van der Waals surface area contributed by atoms with Gasteiger partial charge in [0.05, 0.1) is 5.41 Å². The fraction of sp³-hybridized carbons (Fsp3) is 0.533. The Labute approximate surface area is 119 Å². The van der Waals surface area contributed by atoms with E-state index in [0.717, 1.165) is 38.8 Å². The second-order valence-corrected chi connectivity index (χ2v) is 5.49. The SMILES string of the molecule is NC(=O)C1(CCC=O)CCN(Cc2cccnc2)CC1. The quantitative estimate of drug-likeness (QED) is 0.790. The molecule has 0 atom stereocenters. The number of carbonyl (C=O) groups is 2. The third-order valence-electron chi connectivity index (χ3n) is 4.21. The summed E-state index contributed by atoms with van der Waals surface area (Å²) in [6.45, 7) is 2.50. The molecule has 0 saturated carbocycles. The van der Waals surface area contributed by atoms with Gasteiger partial charge in [-0.05, 0) is 44.0 Å². The number of aldehydes is 1. The van der Waals surface area contributed by atoms with E-state index in [-0.39, 0.29) is 5.91 Å². The molecular formula is C15H21N3O2. The maximum absolute atomic E-state index is 11.7. The van der Waals surface area contributed by atoms with Crippen molar-refractivity contribution < 1.29 is 9.59 Å². The van der Waals surface area contributed by atoms with Gasteiger partial charge in [0.2, 0.25) is 5.91 Å². The maximum atomic E-state index is 11.7. The average Bonchev–Trinajstić information content (AvgIpc) is 2.47.